The molecule has 0 aliphatic heterocycles. The molecule has 0 bridgehead atoms. The first-order valence-corrected chi connectivity index (χ1v) is 10.6. The highest BCUT2D eigenvalue weighted by Crippen LogP contribution is 2.27. The largest absolute Gasteiger partial charge is 0.387 e. The minimum absolute atomic E-state index is 0.292. The van der Waals surface area contributed by atoms with Crippen LogP contribution in [-0.4, -0.2) is 14.2 Å². The number of aryl methyl sites for hydroxylation is 1. The van der Waals surface area contributed by atoms with E-state index in [1.807, 2.05) is 33.4 Å². The van der Waals surface area contributed by atoms with Gasteiger partial charge >= 0.3 is 0 Å². The third-order valence-corrected chi connectivity index (χ3v) is 5.88. The van der Waals surface area contributed by atoms with Crippen LogP contribution in [0.15, 0.2) is 42.5 Å². The number of nitrogens with one attached hydrogen (secondary N) is 1. The summed E-state index contributed by atoms with van der Waals surface area (Å²) in [7, 11) is 0. The van der Waals surface area contributed by atoms with Gasteiger partial charge in [0.05, 0.1) is 33.7 Å². The smallest absolute Gasteiger partial charge is 0.203 e. The Morgan fingerprint density at radius 3 is 2.29 bits per heavy atom. The Kier molecular flexibility index (Phi) is 7.22. The number of rotatable bonds is 9. The van der Waals surface area contributed by atoms with Crippen LogP contribution in [0.5, 0.6) is 0 Å². The predicted octanol–water partition coefficient (Wildman–Crippen LogP) is 5.93. The summed E-state index contributed by atoms with van der Waals surface area (Å²) in [5, 5.41) is 20.3. The van der Waals surface area contributed by atoms with Gasteiger partial charge in [-0.25, -0.2) is 0 Å². The number of aliphatic hydroxyl groups is 1. The zero-order chi connectivity index (χ0) is 20.1. The molecule has 0 aliphatic carbocycles. The number of unbranched alkanes of at least 4 members (excludes halogenated alkanes) is 4. The van der Waals surface area contributed by atoms with Crippen molar-refractivity contribution in [3.63, 3.8) is 0 Å². The highest BCUT2D eigenvalue weighted by molar-refractivity contribution is 6.42. The molecule has 2 N–H and O–H groups in total. The lowest BCUT2D eigenvalue weighted by Gasteiger charge is -2.13. The number of imidazole rings is 1. The Morgan fingerprint density at radius 2 is 1.61 bits per heavy atom. The lowest BCUT2D eigenvalue weighted by Crippen LogP contribution is -2.26. The first-order chi connectivity index (χ1) is 13.5. The minimum Gasteiger partial charge on any atom is -0.387 e. The van der Waals surface area contributed by atoms with E-state index in [4.69, 9.17) is 28.6 Å². The first kappa shape index (κ1) is 21.0. The van der Waals surface area contributed by atoms with Gasteiger partial charge in [-0.2, -0.15) is 0 Å². The van der Waals surface area contributed by atoms with Gasteiger partial charge in [-0.15, -0.1) is 0 Å². The number of nitrogens with zero attached hydrogens (tertiary/aromatic N) is 2. The van der Waals surface area contributed by atoms with Gasteiger partial charge in [-0.05, 0) is 36.2 Å². The first-order valence-electron chi connectivity index (χ1n) is 9.88. The Morgan fingerprint density at radius 1 is 0.929 bits per heavy atom. The molecular formula is C22H27Cl2N3O. The molecule has 3 aromatic rings. The maximum absolute atomic E-state index is 10.7. The molecule has 4 nitrogen and oxygen atoms in total. The molecule has 0 unspecified atom stereocenters. The fraction of sp³-hybridized carbons (Fsp3) is 0.409. The zero-order valence-electron chi connectivity index (χ0n) is 16.2. The molecule has 0 saturated carbocycles. The second-order valence-electron chi connectivity index (χ2n) is 7.18. The SMILES string of the molecule is CCCCCCCn1c(=N)n(C[C@@H](O)c2ccc(Cl)c(Cl)c2)c2ccccc21. The average Bonchev–Trinajstić information content (AvgIpc) is 2.95. The molecule has 6 heteroatoms. The molecule has 28 heavy (non-hydrogen) atoms. The summed E-state index contributed by atoms with van der Waals surface area (Å²) in [6, 6.07) is 13.2. The van der Waals surface area contributed by atoms with Crippen LogP contribution in [0, 0.1) is 5.41 Å². The molecule has 0 radical (unpaired) electrons. The summed E-state index contributed by atoms with van der Waals surface area (Å²) in [4.78, 5) is 0. The molecule has 0 saturated heterocycles. The molecular weight excluding hydrogens is 393 g/mol. The summed E-state index contributed by atoms with van der Waals surface area (Å²) in [6.45, 7) is 3.32. The van der Waals surface area contributed by atoms with E-state index in [2.05, 4.69) is 6.92 Å². The number of aromatic nitrogens is 2. The third kappa shape index (κ3) is 4.62. The summed E-state index contributed by atoms with van der Waals surface area (Å²) in [5.41, 5.74) is 3.10. The topological polar surface area (TPSA) is 53.9 Å². The number of hydrogen-bond acceptors (Lipinski definition) is 2. The lowest BCUT2D eigenvalue weighted by atomic mass is 10.1. The minimum atomic E-state index is -0.771. The normalized spacial score (nSPS) is 12.6. The van der Waals surface area contributed by atoms with E-state index in [0.29, 0.717) is 27.8 Å². The Bertz CT molecular complexity index is 993. The molecule has 0 amide bonds. The number of para-hydroxylation sites is 2. The van der Waals surface area contributed by atoms with Gasteiger partial charge in [0.15, 0.2) is 0 Å². The number of fused-ring (bicyclic) bond motifs is 1. The van der Waals surface area contributed by atoms with Crippen molar-refractivity contribution < 1.29 is 5.11 Å². The van der Waals surface area contributed by atoms with E-state index in [9.17, 15) is 5.11 Å². The summed E-state index contributed by atoms with van der Waals surface area (Å²) < 4.78 is 3.91. The van der Waals surface area contributed by atoms with Crippen molar-refractivity contribution in [3.8, 4) is 0 Å². The Balaban J connectivity index is 1.85. The van der Waals surface area contributed by atoms with Crippen LogP contribution < -0.4 is 5.62 Å². The second kappa shape index (κ2) is 9.64. The molecule has 0 aliphatic rings. The van der Waals surface area contributed by atoms with Gasteiger partial charge in [0.25, 0.3) is 0 Å². The average molecular weight is 420 g/mol. The van der Waals surface area contributed by atoms with E-state index in [0.717, 1.165) is 24.0 Å². The van der Waals surface area contributed by atoms with Crippen LogP contribution in [0.25, 0.3) is 11.0 Å². The Hall–Kier alpha value is -1.75. The van der Waals surface area contributed by atoms with Crippen molar-refractivity contribution in [2.75, 3.05) is 0 Å². The molecule has 2 aromatic carbocycles. The highest BCUT2D eigenvalue weighted by Gasteiger charge is 2.16. The molecule has 1 aromatic heterocycles. The molecule has 3 rings (SSSR count). The molecule has 0 spiro atoms. The number of aliphatic hydroxyl groups excluding tert-OH is 1. The maximum Gasteiger partial charge on any atom is 0.203 e. The second-order valence-corrected chi connectivity index (χ2v) is 7.99. The van der Waals surface area contributed by atoms with Crippen molar-refractivity contribution in [2.24, 2.45) is 0 Å². The number of benzene rings is 2. The van der Waals surface area contributed by atoms with Crippen LogP contribution in [0.3, 0.4) is 0 Å². The van der Waals surface area contributed by atoms with Gasteiger partial charge in [0, 0.05) is 6.54 Å². The molecule has 0 fully saturated rings. The zero-order valence-corrected chi connectivity index (χ0v) is 17.7. The van der Waals surface area contributed by atoms with Crippen molar-refractivity contribution in [1.82, 2.24) is 9.13 Å². The predicted molar refractivity (Wildman–Crippen MR) is 116 cm³/mol. The third-order valence-electron chi connectivity index (χ3n) is 5.14. The lowest BCUT2D eigenvalue weighted by molar-refractivity contribution is 0.155. The van der Waals surface area contributed by atoms with Crippen molar-refractivity contribution in [3.05, 3.63) is 63.7 Å². The molecule has 150 valence electrons. The van der Waals surface area contributed by atoms with E-state index in [1.54, 1.807) is 18.2 Å². The van der Waals surface area contributed by atoms with E-state index >= 15 is 0 Å². The van der Waals surface area contributed by atoms with Gasteiger partial charge in [0.2, 0.25) is 5.62 Å². The van der Waals surface area contributed by atoms with E-state index in [-0.39, 0.29) is 0 Å². The monoisotopic (exact) mass is 419 g/mol. The van der Waals surface area contributed by atoms with E-state index in [1.165, 1.54) is 25.7 Å². The fourth-order valence-corrected chi connectivity index (χ4v) is 3.88. The van der Waals surface area contributed by atoms with Crippen LogP contribution in [-0.2, 0) is 13.1 Å². The van der Waals surface area contributed by atoms with Crippen molar-refractivity contribution in [1.29, 1.82) is 5.41 Å². The summed E-state index contributed by atoms with van der Waals surface area (Å²) in [5.74, 6) is 0. The van der Waals surface area contributed by atoms with Gasteiger partial charge in [-0.1, -0.05) is 74.0 Å². The Labute approximate surface area is 175 Å². The van der Waals surface area contributed by atoms with Gasteiger partial charge in [-0.3, -0.25) is 5.41 Å². The van der Waals surface area contributed by atoms with Crippen LogP contribution in [0.4, 0.5) is 0 Å². The van der Waals surface area contributed by atoms with Crippen LogP contribution in [0.1, 0.15) is 50.7 Å². The quantitative estimate of drug-likeness (QED) is 0.414. The van der Waals surface area contributed by atoms with Gasteiger partial charge in [0.1, 0.15) is 0 Å². The highest BCUT2D eigenvalue weighted by atomic mass is 35.5. The fourth-order valence-electron chi connectivity index (χ4n) is 3.58. The van der Waals surface area contributed by atoms with E-state index < -0.39 is 6.10 Å². The van der Waals surface area contributed by atoms with Gasteiger partial charge < -0.3 is 14.2 Å². The maximum atomic E-state index is 10.7. The summed E-state index contributed by atoms with van der Waals surface area (Å²) in [6.07, 6.45) is 5.18. The van der Waals surface area contributed by atoms with Crippen LogP contribution in [0.2, 0.25) is 10.0 Å². The summed E-state index contributed by atoms with van der Waals surface area (Å²) >= 11 is 12.1. The molecule has 1 heterocycles. The van der Waals surface area contributed by atoms with Crippen LogP contribution >= 0.6 is 23.2 Å². The molecule has 1 atom stereocenters. The standard InChI is InChI=1S/C22H27Cl2N3O/c1-2-3-4-5-8-13-26-19-9-6-7-10-20(19)27(22(26)25)15-21(28)16-11-12-17(23)18(24)14-16/h6-7,9-12,14,21,25,28H,2-5,8,13,15H2,1H3/t21-/m1/s1. The number of halogens is 2. The number of hydrogen-bond donors (Lipinski definition) is 2. The van der Waals surface area contributed by atoms with Crippen molar-refractivity contribution >= 4 is 34.2 Å². The van der Waals surface area contributed by atoms with Crippen molar-refractivity contribution in [2.45, 2.75) is 58.2 Å².